The van der Waals surface area contributed by atoms with E-state index in [4.69, 9.17) is 24.2 Å². The quantitative estimate of drug-likeness (QED) is 0.606. The van der Waals surface area contributed by atoms with E-state index in [-0.39, 0.29) is 0 Å². The molecule has 0 unspecified atom stereocenters. The standard InChI is InChI=1S/C8H8BClO/c1-2-11-8-5-6(9)3-4-7(8)10/h3-5H,2H2,1H3. The van der Waals surface area contributed by atoms with Crippen LogP contribution in [-0.2, 0) is 0 Å². The van der Waals surface area contributed by atoms with Crippen molar-refractivity contribution in [3.8, 4) is 5.75 Å². The van der Waals surface area contributed by atoms with Crippen LogP contribution in [0, 0.1) is 0 Å². The van der Waals surface area contributed by atoms with Crippen LogP contribution in [0.4, 0.5) is 0 Å². The fraction of sp³-hybridized carbons (Fsp3) is 0.250. The maximum Gasteiger partial charge on any atom is 0.137 e. The van der Waals surface area contributed by atoms with Crippen LogP contribution in [0.25, 0.3) is 0 Å². The summed E-state index contributed by atoms with van der Waals surface area (Å²) in [5.41, 5.74) is 0.665. The molecule has 0 saturated carbocycles. The van der Waals surface area contributed by atoms with Gasteiger partial charge in [-0.15, -0.1) is 0 Å². The van der Waals surface area contributed by atoms with Gasteiger partial charge in [0.2, 0.25) is 0 Å². The van der Waals surface area contributed by atoms with Gasteiger partial charge < -0.3 is 4.74 Å². The number of benzene rings is 1. The molecule has 3 heteroatoms. The molecule has 0 amide bonds. The van der Waals surface area contributed by atoms with Gasteiger partial charge in [-0.2, -0.15) is 0 Å². The summed E-state index contributed by atoms with van der Waals surface area (Å²) in [4.78, 5) is 0. The molecular weight excluding hydrogens is 158 g/mol. The highest BCUT2D eigenvalue weighted by Gasteiger charge is 1.98. The fourth-order valence-corrected chi connectivity index (χ4v) is 0.958. The number of rotatable bonds is 2. The maximum absolute atomic E-state index is 5.79. The van der Waals surface area contributed by atoms with Gasteiger partial charge in [-0.25, -0.2) is 0 Å². The SMILES string of the molecule is [B]c1ccc(Cl)c(OCC)c1. The predicted molar refractivity (Wildman–Crippen MR) is 48.0 cm³/mol. The first-order valence-electron chi connectivity index (χ1n) is 3.42. The first kappa shape index (κ1) is 8.47. The van der Waals surface area contributed by atoms with E-state index in [0.717, 1.165) is 0 Å². The monoisotopic (exact) mass is 166 g/mol. The average Bonchev–Trinajstić information content (AvgIpc) is 1.98. The zero-order chi connectivity index (χ0) is 8.27. The first-order chi connectivity index (χ1) is 5.24. The second-order valence-electron chi connectivity index (χ2n) is 2.12. The van der Waals surface area contributed by atoms with E-state index in [9.17, 15) is 0 Å². The van der Waals surface area contributed by atoms with E-state index in [0.29, 0.717) is 22.8 Å². The summed E-state index contributed by atoms with van der Waals surface area (Å²) in [6, 6.07) is 5.18. The summed E-state index contributed by atoms with van der Waals surface area (Å²) in [7, 11) is 5.52. The van der Waals surface area contributed by atoms with Crippen molar-refractivity contribution >= 4 is 24.9 Å². The molecule has 1 nitrogen and oxygen atoms in total. The predicted octanol–water partition coefficient (Wildman–Crippen LogP) is 1.53. The van der Waals surface area contributed by atoms with E-state index < -0.39 is 0 Å². The van der Waals surface area contributed by atoms with Gasteiger partial charge in [0.15, 0.2) is 0 Å². The van der Waals surface area contributed by atoms with Crippen LogP contribution in [-0.4, -0.2) is 14.5 Å². The highest BCUT2D eigenvalue weighted by atomic mass is 35.5. The Morgan fingerprint density at radius 1 is 1.55 bits per heavy atom. The number of halogens is 1. The van der Waals surface area contributed by atoms with Gasteiger partial charge in [0, 0.05) is 0 Å². The molecule has 0 aliphatic heterocycles. The Kier molecular flexibility index (Phi) is 2.83. The lowest BCUT2D eigenvalue weighted by Crippen LogP contribution is -2.03. The molecule has 0 fully saturated rings. The smallest absolute Gasteiger partial charge is 0.137 e. The molecule has 11 heavy (non-hydrogen) atoms. The van der Waals surface area contributed by atoms with Crippen LogP contribution in [0.1, 0.15) is 6.92 Å². The van der Waals surface area contributed by atoms with E-state index in [1.54, 1.807) is 18.2 Å². The van der Waals surface area contributed by atoms with Crippen molar-refractivity contribution in [1.82, 2.24) is 0 Å². The lowest BCUT2D eigenvalue weighted by Gasteiger charge is -2.05. The minimum atomic E-state index is 0.598. The molecule has 0 aliphatic rings. The zero-order valence-electron chi connectivity index (χ0n) is 6.30. The molecule has 1 rings (SSSR count). The van der Waals surface area contributed by atoms with E-state index >= 15 is 0 Å². The lowest BCUT2D eigenvalue weighted by atomic mass is 9.96. The van der Waals surface area contributed by atoms with Crippen LogP contribution < -0.4 is 10.2 Å². The fourth-order valence-electron chi connectivity index (χ4n) is 0.786. The van der Waals surface area contributed by atoms with E-state index in [1.165, 1.54) is 0 Å². The topological polar surface area (TPSA) is 9.23 Å². The molecule has 2 radical (unpaired) electrons. The van der Waals surface area contributed by atoms with Crippen LogP contribution in [0.15, 0.2) is 18.2 Å². The number of hydrogen-bond donors (Lipinski definition) is 0. The largest absolute Gasteiger partial charge is 0.492 e. The van der Waals surface area contributed by atoms with Crippen molar-refractivity contribution in [2.45, 2.75) is 6.92 Å². The summed E-state index contributed by atoms with van der Waals surface area (Å²) >= 11 is 5.79. The Balaban J connectivity index is 2.93. The molecule has 1 aromatic rings. The summed E-state index contributed by atoms with van der Waals surface area (Å²) in [5.74, 6) is 0.647. The normalized spacial score (nSPS) is 9.64. The summed E-state index contributed by atoms with van der Waals surface area (Å²) in [6.45, 7) is 2.50. The van der Waals surface area contributed by atoms with Crippen molar-refractivity contribution in [2.75, 3.05) is 6.61 Å². The molecule has 0 bridgehead atoms. The van der Waals surface area contributed by atoms with Gasteiger partial charge in [-0.05, 0) is 19.1 Å². The number of ether oxygens (including phenoxy) is 1. The average molecular weight is 166 g/mol. The van der Waals surface area contributed by atoms with E-state index in [2.05, 4.69) is 0 Å². The van der Waals surface area contributed by atoms with Crippen molar-refractivity contribution in [3.05, 3.63) is 23.2 Å². The Morgan fingerprint density at radius 3 is 2.91 bits per heavy atom. The van der Waals surface area contributed by atoms with Crippen molar-refractivity contribution in [1.29, 1.82) is 0 Å². The summed E-state index contributed by atoms with van der Waals surface area (Å²) < 4.78 is 5.21. The Bertz CT molecular complexity index is 250. The highest BCUT2D eigenvalue weighted by Crippen LogP contribution is 2.21. The third-order valence-corrected chi connectivity index (χ3v) is 1.57. The molecule has 0 N–H and O–H groups in total. The van der Waals surface area contributed by atoms with Crippen molar-refractivity contribution in [2.24, 2.45) is 0 Å². The number of hydrogen-bond acceptors (Lipinski definition) is 1. The van der Waals surface area contributed by atoms with Gasteiger partial charge in [-0.1, -0.05) is 23.1 Å². The van der Waals surface area contributed by atoms with Gasteiger partial charge >= 0.3 is 0 Å². The van der Waals surface area contributed by atoms with Crippen LogP contribution in [0.3, 0.4) is 0 Å². The van der Waals surface area contributed by atoms with Gasteiger partial charge in [0.1, 0.15) is 13.6 Å². The zero-order valence-corrected chi connectivity index (χ0v) is 7.06. The molecule has 0 atom stereocenters. The minimum Gasteiger partial charge on any atom is -0.492 e. The van der Waals surface area contributed by atoms with Crippen molar-refractivity contribution < 1.29 is 4.74 Å². The molecule has 0 aliphatic carbocycles. The van der Waals surface area contributed by atoms with Gasteiger partial charge in [0.25, 0.3) is 0 Å². The molecule has 0 heterocycles. The molecule has 56 valence electrons. The minimum absolute atomic E-state index is 0.598. The van der Waals surface area contributed by atoms with Gasteiger partial charge in [0.05, 0.1) is 11.6 Å². The summed E-state index contributed by atoms with van der Waals surface area (Å²) in [5, 5.41) is 0.598. The molecule has 1 aromatic carbocycles. The molecule has 0 saturated heterocycles. The lowest BCUT2D eigenvalue weighted by molar-refractivity contribution is 0.341. The highest BCUT2D eigenvalue weighted by molar-refractivity contribution is 6.35. The third-order valence-electron chi connectivity index (χ3n) is 1.26. The third kappa shape index (κ3) is 2.16. The second kappa shape index (κ2) is 3.68. The molecular formula is C8H8BClO. The van der Waals surface area contributed by atoms with Crippen molar-refractivity contribution in [3.63, 3.8) is 0 Å². The maximum atomic E-state index is 5.79. The first-order valence-corrected chi connectivity index (χ1v) is 3.79. The molecule has 0 spiro atoms. The molecule has 0 aromatic heterocycles. The van der Waals surface area contributed by atoms with E-state index in [1.807, 2.05) is 6.92 Å². The Hall–Kier alpha value is -0.625. The Morgan fingerprint density at radius 2 is 2.27 bits per heavy atom. The van der Waals surface area contributed by atoms with Crippen LogP contribution >= 0.6 is 11.6 Å². The summed E-state index contributed by atoms with van der Waals surface area (Å²) in [6.07, 6.45) is 0. The second-order valence-corrected chi connectivity index (χ2v) is 2.53. The van der Waals surface area contributed by atoms with Crippen LogP contribution in [0.2, 0.25) is 5.02 Å². The van der Waals surface area contributed by atoms with Crippen LogP contribution in [0.5, 0.6) is 5.75 Å². The Labute approximate surface area is 72.7 Å². The van der Waals surface area contributed by atoms with Gasteiger partial charge in [-0.3, -0.25) is 0 Å².